The average molecular weight is 342 g/mol. The highest BCUT2D eigenvalue weighted by Crippen LogP contribution is 2.22. The summed E-state index contributed by atoms with van der Waals surface area (Å²) < 4.78 is 1.55. The number of hydrogen-bond donors (Lipinski definition) is 1. The van der Waals surface area contributed by atoms with Gasteiger partial charge >= 0.3 is 0 Å². The number of nitrogens with two attached hydrogens (primary N) is 1. The molecule has 8 nitrogen and oxygen atoms in total. The molecule has 1 atom stereocenters. The van der Waals surface area contributed by atoms with E-state index in [0.29, 0.717) is 23.0 Å². The lowest BCUT2D eigenvalue weighted by molar-refractivity contribution is -0.118. The van der Waals surface area contributed by atoms with Gasteiger partial charge in [-0.1, -0.05) is 35.0 Å². The van der Waals surface area contributed by atoms with Crippen molar-refractivity contribution in [3.05, 3.63) is 46.4 Å². The minimum absolute atomic E-state index is 0.165. The molecule has 0 unspecified atom stereocenters. The van der Waals surface area contributed by atoms with Gasteiger partial charge in [0.25, 0.3) is 0 Å². The van der Waals surface area contributed by atoms with Crippen LogP contribution in [0.1, 0.15) is 23.0 Å². The third-order valence-corrected chi connectivity index (χ3v) is 3.84. The molecular weight excluding hydrogens is 330 g/mol. The zero-order valence-electron chi connectivity index (χ0n) is 12.6. The van der Waals surface area contributed by atoms with Gasteiger partial charge in [0.05, 0.1) is 12.6 Å². The van der Waals surface area contributed by atoms with E-state index in [0.717, 1.165) is 5.56 Å². The summed E-state index contributed by atoms with van der Waals surface area (Å²) in [5.41, 5.74) is 6.98. The minimum Gasteiger partial charge on any atom is -0.368 e. The Balaban J connectivity index is 2.13. The lowest BCUT2D eigenvalue weighted by atomic mass is 10.1. The van der Waals surface area contributed by atoms with Crippen LogP contribution in [0.4, 0.5) is 0 Å². The third kappa shape index (κ3) is 2.77. The maximum atomic E-state index is 11.5. The smallest absolute Gasteiger partial charge is 0.241 e. The van der Waals surface area contributed by atoms with Gasteiger partial charge in [0, 0.05) is 5.02 Å². The Morgan fingerprint density at radius 2 is 2.17 bits per heavy atom. The maximum Gasteiger partial charge on any atom is 0.241 e. The van der Waals surface area contributed by atoms with E-state index in [2.05, 4.69) is 20.3 Å². The molecule has 3 rings (SSSR count). The first-order valence-corrected chi connectivity index (χ1v) is 7.39. The second kappa shape index (κ2) is 6.22. The van der Waals surface area contributed by atoms with E-state index >= 15 is 0 Å². The lowest BCUT2D eigenvalue weighted by Gasteiger charge is -2.07. The van der Waals surface area contributed by atoms with Gasteiger partial charge in [-0.05, 0) is 18.6 Å². The number of halogens is 1. The van der Waals surface area contributed by atoms with Crippen LogP contribution in [0, 0.1) is 18.3 Å². The second-order valence-corrected chi connectivity index (χ2v) is 5.54. The topological polar surface area (TPSA) is 123 Å². The fourth-order valence-electron chi connectivity index (χ4n) is 2.35. The number of benzene rings is 1. The standard InChI is InChI=1S/C15H12ClN7O/c1-8-19-12(10(6-17)14(18)24)13-15(20-8)23(22-21-13)7-9-4-2-3-5-11(9)16/h2-5,10H,7H2,1H3,(H2,18,24)/t10-/m1/s1. The molecule has 2 heterocycles. The Bertz CT molecular complexity index is 976. The molecule has 0 aliphatic heterocycles. The van der Waals surface area contributed by atoms with E-state index < -0.39 is 11.8 Å². The number of nitrogens with zero attached hydrogens (tertiary/aromatic N) is 6. The van der Waals surface area contributed by atoms with Gasteiger partial charge in [0.2, 0.25) is 5.91 Å². The van der Waals surface area contributed by atoms with Crippen molar-refractivity contribution in [1.29, 1.82) is 5.26 Å². The first-order valence-electron chi connectivity index (χ1n) is 7.01. The highest BCUT2D eigenvalue weighted by molar-refractivity contribution is 6.31. The molecule has 0 aliphatic rings. The summed E-state index contributed by atoms with van der Waals surface area (Å²) in [7, 11) is 0. The van der Waals surface area contributed by atoms with Crippen LogP contribution in [-0.4, -0.2) is 30.9 Å². The monoisotopic (exact) mass is 341 g/mol. The zero-order chi connectivity index (χ0) is 17.3. The number of carbonyl (C=O) groups is 1. The molecule has 1 amide bonds. The van der Waals surface area contributed by atoms with Crippen LogP contribution in [0.15, 0.2) is 24.3 Å². The third-order valence-electron chi connectivity index (χ3n) is 3.47. The van der Waals surface area contributed by atoms with Gasteiger partial charge in [-0.2, -0.15) is 5.26 Å². The van der Waals surface area contributed by atoms with Crippen LogP contribution in [0.2, 0.25) is 5.02 Å². The Kier molecular flexibility index (Phi) is 4.10. The summed E-state index contributed by atoms with van der Waals surface area (Å²) in [6, 6.07) is 9.19. The van der Waals surface area contributed by atoms with Crippen molar-refractivity contribution < 1.29 is 4.79 Å². The van der Waals surface area contributed by atoms with Crippen LogP contribution in [-0.2, 0) is 11.3 Å². The van der Waals surface area contributed by atoms with Crippen LogP contribution < -0.4 is 5.73 Å². The van der Waals surface area contributed by atoms with E-state index in [1.54, 1.807) is 17.7 Å². The van der Waals surface area contributed by atoms with Crippen molar-refractivity contribution in [1.82, 2.24) is 25.0 Å². The molecular formula is C15H12ClN7O. The summed E-state index contributed by atoms with van der Waals surface area (Å²) in [6.45, 7) is 2.01. The maximum absolute atomic E-state index is 11.5. The number of rotatable bonds is 4. The number of aromatic nitrogens is 5. The highest BCUT2D eigenvalue weighted by atomic mass is 35.5. The van der Waals surface area contributed by atoms with Crippen molar-refractivity contribution in [2.75, 3.05) is 0 Å². The normalized spacial score (nSPS) is 12.0. The molecule has 0 fully saturated rings. The van der Waals surface area contributed by atoms with Crippen LogP contribution in [0.25, 0.3) is 11.2 Å². The SMILES string of the molecule is Cc1nc([C@@H](C#N)C(N)=O)c2nnn(Cc3ccccc3Cl)c2n1. The van der Waals surface area contributed by atoms with E-state index in [-0.39, 0.29) is 11.2 Å². The summed E-state index contributed by atoms with van der Waals surface area (Å²) in [5, 5.41) is 17.9. The zero-order valence-corrected chi connectivity index (χ0v) is 13.4. The first kappa shape index (κ1) is 15.8. The van der Waals surface area contributed by atoms with Crippen LogP contribution in [0.5, 0.6) is 0 Å². The Morgan fingerprint density at radius 1 is 1.42 bits per heavy atom. The number of aryl methyl sites for hydroxylation is 1. The van der Waals surface area contributed by atoms with Gasteiger partial charge in [-0.3, -0.25) is 4.79 Å². The molecule has 0 saturated carbocycles. The minimum atomic E-state index is -1.21. The number of amides is 1. The van der Waals surface area contributed by atoms with Gasteiger partial charge in [-0.25, -0.2) is 14.6 Å². The number of carbonyl (C=O) groups excluding carboxylic acids is 1. The fraction of sp³-hybridized carbons (Fsp3) is 0.200. The van der Waals surface area contributed by atoms with E-state index in [1.165, 1.54) is 0 Å². The summed E-state index contributed by atoms with van der Waals surface area (Å²) in [5.74, 6) is -1.61. The Labute approximate surface area is 141 Å². The van der Waals surface area contributed by atoms with E-state index in [4.69, 9.17) is 17.3 Å². The second-order valence-electron chi connectivity index (χ2n) is 5.13. The van der Waals surface area contributed by atoms with Crippen molar-refractivity contribution in [2.24, 2.45) is 5.73 Å². The van der Waals surface area contributed by atoms with Gasteiger partial charge in [0.1, 0.15) is 11.5 Å². The molecule has 120 valence electrons. The molecule has 9 heteroatoms. The van der Waals surface area contributed by atoms with Crippen molar-refractivity contribution in [2.45, 2.75) is 19.4 Å². The van der Waals surface area contributed by atoms with Crippen molar-refractivity contribution in [3.63, 3.8) is 0 Å². The molecule has 0 bridgehead atoms. The molecule has 2 aromatic heterocycles. The predicted octanol–water partition coefficient (Wildman–Crippen LogP) is 1.32. The predicted molar refractivity (Wildman–Crippen MR) is 86.0 cm³/mol. The molecule has 0 spiro atoms. The van der Waals surface area contributed by atoms with E-state index in [9.17, 15) is 10.1 Å². The van der Waals surface area contributed by atoms with Gasteiger partial charge in [-0.15, -0.1) is 5.10 Å². The van der Waals surface area contributed by atoms with E-state index in [1.807, 2.05) is 24.3 Å². The summed E-state index contributed by atoms with van der Waals surface area (Å²) in [6.07, 6.45) is 0. The number of nitriles is 1. The first-order chi connectivity index (χ1) is 11.5. The lowest BCUT2D eigenvalue weighted by Crippen LogP contribution is -2.22. The largest absolute Gasteiger partial charge is 0.368 e. The molecule has 0 radical (unpaired) electrons. The average Bonchev–Trinajstić information content (AvgIpc) is 2.93. The van der Waals surface area contributed by atoms with Gasteiger partial charge < -0.3 is 5.73 Å². The van der Waals surface area contributed by atoms with Crippen LogP contribution in [0.3, 0.4) is 0 Å². The van der Waals surface area contributed by atoms with Gasteiger partial charge in [0.15, 0.2) is 17.1 Å². The molecule has 3 aromatic rings. The fourth-order valence-corrected chi connectivity index (χ4v) is 2.54. The quantitative estimate of drug-likeness (QED) is 0.763. The Morgan fingerprint density at radius 3 is 2.83 bits per heavy atom. The molecule has 0 aliphatic carbocycles. The number of fused-ring (bicyclic) bond motifs is 1. The highest BCUT2D eigenvalue weighted by Gasteiger charge is 2.25. The van der Waals surface area contributed by atoms with Crippen molar-refractivity contribution in [3.8, 4) is 6.07 Å². The summed E-state index contributed by atoms with van der Waals surface area (Å²) >= 11 is 6.17. The number of primary amides is 1. The summed E-state index contributed by atoms with van der Waals surface area (Å²) in [4.78, 5) is 20.0. The number of hydrogen-bond acceptors (Lipinski definition) is 6. The molecule has 1 aromatic carbocycles. The van der Waals surface area contributed by atoms with Crippen molar-refractivity contribution >= 4 is 28.7 Å². The Hall–Kier alpha value is -3.05. The molecule has 24 heavy (non-hydrogen) atoms. The molecule has 0 saturated heterocycles. The molecule has 2 N–H and O–H groups in total. The van der Waals surface area contributed by atoms with Crippen LogP contribution >= 0.6 is 11.6 Å².